The van der Waals surface area contributed by atoms with E-state index in [0.717, 1.165) is 11.1 Å². The van der Waals surface area contributed by atoms with E-state index in [1.165, 1.54) is 0 Å². The Morgan fingerprint density at radius 2 is 2.27 bits per heavy atom. The summed E-state index contributed by atoms with van der Waals surface area (Å²) in [7, 11) is 0. The average Bonchev–Trinajstić information content (AvgIpc) is 2.69. The van der Waals surface area contributed by atoms with Crippen LogP contribution in [-0.2, 0) is 0 Å². The molecule has 1 aromatic heterocycles. The standard InChI is InChI=1S/C10H10N4O/c11-10(15)14-9-3-1-2-7(4-9)8-5-12-13-6-8/h1-6H,(H,12,13)(H3,11,14,15). The van der Waals surface area contributed by atoms with E-state index < -0.39 is 6.03 Å². The van der Waals surface area contributed by atoms with Crippen molar-refractivity contribution in [3.63, 3.8) is 0 Å². The summed E-state index contributed by atoms with van der Waals surface area (Å²) in [5.41, 5.74) is 7.62. The maximum Gasteiger partial charge on any atom is 0.316 e. The zero-order chi connectivity index (χ0) is 10.7. The number of hydrogen-bond donors (Lipinski definition) is 3. The van der Waals surface area contributed by atoms with Crippen LogP contribution in [0.15, 0.2) is 36.7 Å². The first-order valence-corrected chi connectivity index (χ1v) is 4.41. The normalized spacial score (nSPS) is 9.87. The highest BCUT2D eigenvalue weighted by molar-refractivity contribution is 5.88. The lowest BCUT2D eigenvalue weighted by molar-refractivity contribution is 0.259. The van der Waals surface area contributed by atoms with Crippen LogP contribution in [-0.4, -0.2) is 16.2 Å². The number of rotatable bonds is 2. The molecule has 5 nitrogen and oxygen atoms in total. The number of carbonyl (C=O) groups excluding carboxylic acids is 1. The summed E-state index contributed by atoms with van der Waals surface area (Å²) < 4.78 is 0. The van der Waals surface area contributed by atoms with Crippen molar-refractivity contribution in [1.29, 1.82) is 0 Å². The van der Waals surface area contributed by atoms with Gasteiger partial charge >= 0.3 is 6.03 Å². The van der Waals surface area contributed by atoms with E-state index in [0.29, 0.717) is 5.69 Å². The minimum atomic E-state index is -0.570. The Labute approximate surface area is 86.3 Å². The third-order valence-electron chi connectivity index (χ3n) is 1.96. The molecule has 1 heterocycles. The van der Waals surface area contributed by atoms with Crippen LogP contribution in [0.1, 0.15) is 0 Å². The van der Waals surface area contributed by atoms with Crippen LogP contribution in [0.4, 0.5) is 10.5 Å². The van der Waals surface area contributed by atoms with Gasteiger partial charge in [0, 0.05) is 17.4 Å². The molecule has 76 valence electrons. The highest BCUT2D eigenvalue weighted by atomic mass is 16.2. The van der Waals surface area contributed by atoms with Gasteiger partial charge in [0.15, 0.2) is 0 Å². The molecule has 5 heteroatoms. The Bertz CT molecular complexity index is 464. The molecule has 0 fully saturated rings. The van der Waals surface area contributed by atoms with Crippen molar-refractivity contribution in [2.45, 2.75) is 0 Å². The van der Waals surface area contributed by atoms with Crippen LogP contribution in [0.3, 0.4) is 0 Å². The molecule has 0 aliphatic rings. The topological polar surface area (TPSA) is 83.8 Å². The minimum Gasteiger partial charge on any atom is -0.351 e. The fourth-order valence-corrected chi connectivity index (χ4v) is 1.33. The zero-order valence-electron chi connectivity index (χ0n) is 7.90. The number of carbonyl (C=O) groups is 1. The van der Waals surface area contributed by atoms with Crippen molar-refractivity contribution in [2.75, 3.05) is 5.32 Å². The lowest BCUT2D eigenvalue weighted by Gasteiger charge is -2.03. The number of urea groups is 1. The van der Waals surface area contributed by atoms with E-state index in [9.17, 15) is 4.79 Å². The monoisotopic (exact) mass is 202 g/mol. The zero-order valence-corrected chi connectivity index (χ0v) is 7.90. The number of anilines is 1. The molecular weight excluding hydrogens is 192 g/mol. The van der Waals surface area contributed by atoms with Gasteiger partial charge in [-0.2, -0.15) is 5.10 Å². The molecule has 2 aromatic rings. The first-order chi connectivity index (χ1) is 7.25. The van der Waals surface area contributed by atoms with Crippen LogP contribution in [0, 0.1) is 0 Å². The van der Waals surface area contributed by atoms with Gasteiger partial charge in [0.25, 0.3) is 0 Å². The Balaban J connectivity index is 2.31. The third kappa shape index (κ3) is 2.14. The Kier molecular flexibility index (Phi) is 2.37. The molecule has 0 unspecified atom stereocenters. The number of nitrogens with zero attached hydrogens (tertiary/aromatic N) is 1. The number of nitrogens with two attached hydrogens (primary N) is 1. The molecule has 2 rings (SSSR count). The number of nitrogens with one attached hydrogen (secondary N) is 2. The van der Waals surface area contributed by atoms with E-state index in [4.69, 9.17) is 5.73 Å². The average molecular weight is 202 g/mol. The second-order valence-electron chi connectivity index (χ2n) is 3.06. The van der Waals surface area contributed by atoms with Crippen molar-refractivity contribution < 1.29 is 4.79 Å². The van der Waals surface area contributed by atoms with Gasteiger partial charge in [-0.3, -0.25) is 5.10 Å². The van der Waals surface area contributed by atoms with Crippen LogP contribution in [0.25, 0.3) is 11.1 Å². The maximum atomic E-state index is 10.7. The Hall–Kier alpha value is -2.30. The number of amides is 2. The van der Waals surface area contributed by atoms with Crippen LogP contribution in [0.2, 0.25) is 0 Å². The van der Waals surface area contributed by atoms with Crippen molar-refractivity contribution in [3.8, 4) is 11.1 Å². The van der Waals surface area contributed by atoms with E-state index in [1.807, 2.05) is 18.2 Å². The highest BCUT2D eigenvalue weighted by Gasteiger charge is 2.01. The fraction of sp³-hybridized carbons (Fsp3) is 0. The van der Waals surface area contributed by atoms with Crippen LogP contribution < -0.4 is 11.1 Å². The van der Waals surface area contributed by atoms with Gasteiger partial charge in [-0.15, -0.1) is 0 Å². The molecule has 0 bridgehead atoms. The number of primary amides is 1. The van der Waals surface area contributed by atoms with Gasteiger partial charge in [0.2, 0.25) is 0 Å². The van der Waals surface area contributed by atoms with E-state index >= 15 is 0 Å². The SMILES string of the molecule is NC(=O)Nc1cccc(-c2cn[nH]c2)c1. The molecular formula is C10H10N4O. The summed E-state index contributed by atoms with van der Waals surface area (Å²) in [5.74, 6) is 0. The molecule has 4 N–H and O–H groups in total. The van der Waals surface area contributed by atoms with Crippen molar-refractivity contribution >= 4 is 11.7 Å². The molecule has 2 amide bonds. The molecule has 0 saturated heterocycles. The second-order valence-corrected chi connectivity index (χ2v) is 3.06. The van der Waals surface area contributed by atoms with Crippen molar-refractivity contribution in [1.82, 2.24) is 10.2 Å². The minimum absolute atomic E-state index is 0.570. The molecule has 0 radical (unpaired) electrons. The lowest BCUT2D eigenvalue weighted by atomic mass is 10.1. The van der Waals surface area contributed by atoms with E-state index in [1.54, 1.807) is 18.5 Å². The van der Waals surface area contributed by atoms with Crippen LogP contribution >= 0.6 is 0 Å². The number of aromatic nitrogens is 2. The summed E-state index contributed by atoms with van der Waals surface area (Å²) in [5, 5.41) is 9.09. The number of benzene rings is 1. The Morgan fingerprint density at radius 3 is 2.93 bits per heavy atom. The molecule has 0 atom stereocenters. The predicted molar refractivity (Wildman–Crippen MR) is 57.2 cm³/mol. The van der Waals surface area contributed by atoms with Gasteiger partial charge in [-0.25, -0.2) is 4.79 Å². The van der Waals surface area contributed by atoms with Crippen molar-refractivity contribution in [3.05, 3.63) is 36.7 Å². The predicted octanol–water partition coefficient (Wildman–Crippen LogP) is 1.57. The summed E-state index contributed by atoms with van der Waals surface area (Å²) in [6, 6.07) is 6.80. The number of H-pyrrole nitrogens is 1. The molecule has 1 aromatic carbocycles. The van der Waals surface area contributed by atoms with Crippen molar-refractivity contribution in [2.24, 2.45) is 5.73 Å². The highest BCUT2D eigenvalue weighted by Crippen LogP contribution is 2.20. The largest absolute Gasteiger partial charge is 0.351 e. The smallest absolute Gasteiger partial charge is 0.316 e. The van der Waals surface area contributed by atoms with Gasteiger partial charge < -0.3 is 11.1 Å². The van der Waals surface area contributed by atoms with E-state index in [-0.39, 0.29) is 0 Å². The first-order valence-electron chi connectivity index (χ1n) is 4.41. The third-order valence-corrected chi connectivity index (χ3v) is 1.96. The molecule has 15 heavy (non-hydrogen) atoms. The molecule has 0 spiro atoms. The second kappa shape index (κ2) is 3.83. The molecule has 0 aliphatic heterocycles. The Morgan fingerprint density at radius 1 is 1.40 bits per heavy atom. The lowest BCUT2D eigenvalue weighted by Crippen LogP contribution is -2.19. The maximum absolute atomic E-state index is 10.7. The summed E-state index contributed by atoms with van der Waals surface area (Å²) in [4.78, 5) is 10.7. The van der Waals surface area contributed by atoms with Gasteiger partial charge in [0.05, 0.1) is 6.20 Å². The van der Waals surface area contributed by atoms with Gasteiger partial charge in [-0.1, -0.05) is 12.1 Å². The molecule has 0 saturated carbocycles. The van der Waals surface area contributed by atoms with Gasteiger partial charge in [0.1, 0.15) is 0 Å². The first kappa shape index (κ1) is 9.26. The quantitative estimate of drug-likeness (QED) is 0.690. The number of aromatic amines is 1. The summed E-state index contributed by atoms with van der Waals surface area (Å²) in [6.45, 7) is 0. The summed E-state index contributed by atoms with van der Waals surface area (Å²) in [6.07, 6.45) is 3.49. The van der Waals surface area contributed by atoms with Crippen LogP contribution in [0.5, 0.6) is 0 Å². The summed E-state index contributed by atoms with van der Waals surface area (Å²) >= 11 is 0. The fourth-order valence-electron chi connectivity index (χ4n) is 1.33. The molecule has 0 aliphatic carbocycles. The number of hydrogen-bond acceptors (Lipinski definition) is 2. The van der Waals surface area contributed by atoms with Gasteiger partial charge in [-0.05, 0) is 17.7 Å². The van der Waals surface area contributed by atoms with E-state index in [2.05, 4.69) is 15.5 Å².